The number of para-hydroxylation sites is 1. The largest absolute Gasteiger partial charge is 0.493 e. The van der Waals surface area contributed by atoms with Crippen LogP contribution in [-0.4, -0.2) is 13.2 Å². The van der Waals surface area contributed by atoms with Crippen LogP contribution in [0.4, 0.5) is 0 Å². The lowest BCUT2D eigenvalue weighted by Gasteiger charge is -2.29. The molecule has 4 rings (SSSR count). The summed E-state index contributed by atoms with van der Waals surface area (Å²) in [7, 11) is 1.73. The average molecular weight is 244 g/mol. The molecule has 2 fully saturated rings. The van der Waals surface area contributed by atoms with Crippen molar-refractivity contribution in [3.8, 4) is 11.5 Å². The molecule has 1 aliphatic heterocycles. The van der Waals surface area contributed by atoms with Gasteiger partial charge in [0.15, 0.2) is 11.5 Å². The smallest absolute Gasteiger partial charge is 0.165 e. The molecule has 0 spiro atoms. The first kappa shape index (κ1) is 10.7. The van der Waals surface area contributed by atoms with Gasteiger partial charge in [-0.25, -0.2) is 0 Å². The third kappa shape index (κ3) is 1.19. The molecule has 1 aromatic carbocycles. The second kappa shape index (κ2) is 3.66. The number of rotatable bonds is 2. The van der Waals surface area contributed by atoms with E-state index in [4.69, 9.17) is 9.47 Å². The van der Waals surface area contributed by atoms with Gasteiger partial charge in [-0.1, -0.05) is 25.5 Å². The van der Waals surface area contributed by atoms with E-state index >= 15 is 0 Å². The summed E-state index contributed by atoms with van der Waals surface area (Å²) in [5.74, 6) is 5.12. The first-order valence-electron chi connectivity index (χ1n) is 7.17. The molecule has 0 saturated heterocycles. The molecule has 1 aromatic rings. The molecule has 3 aliphatic rings. The lowest BCUT2D eigenvalue weighted by molar-refractivity contribution is 0.120. The Labute approximate surface area is 108 Å². The van der Waals surface area contributed by atoms with Gasteiger partial charge in [-0.3, -0.25) is 0 Å². The summed E-state index contributed by atoms with van der Waals surface area (Å²) >= 11 is 0. The third-order valence-electron chi connectivity index (χ3n) is 5.43. The zero-order valence-electron chi connectivity index (χ0n) is 11.1. The van der Waals surface area contributed by atoms with Crippen LogP contribution >= 0.6 is 0 Å². The quantitative estimate of drug-likeness (QED) is 0.791. The highest BCUT2D eigenvalue weighted by Crippen LogP contribution is 2.63. The fraction of sp³-hybridized carbons (Fsp3) is 0.625. The van der Waals surface area contributed by atoms with Crippen molar-refractivity contribution < 1.29 is 9.47 Å². The van der Waals surface area contributed by atoms with Crippen LogP contribution in [0, 0.1) is 17.8 Å². The summed E-state index contributed by atoms with van der Waals surface area (Å²) in [6.45, 7) is 2.34. The lowest BCUT2D eigenvalue weighted by Crippen LogP contribution is -2.30. The highest BCUT2D eigenvalue weighted by atomic mass is 16.5. The second-order valence-electron chi connectivity index (χ2n) is 6.05. The molecule has 2 nitrogen and oxygen atoms in total. The fourth-order valence-corrected chi connectivity index (χ4v) is 4.71. The van der Waals surface area contributed by atoms with Gasteiger partial charge in [-0.2, -0.15) is 0 Å². The summed E-state index contributed by atoms with van der Waals surface area (Å²) in [5.41, 5.74) is 1.41. The first-order valence-corrected chi connectivity index (χ1v) is 7.17. The Hall–Kier alpha value is -1.18. The van der Waals surface area contributed by atoms with Gasteiger partial charge in [0, 0.05) is 11.5 Å². The van der Waals surface area contributed by atoms with Crippen molar-refractivity contribution in [1.29, 1.82) is 0 Å². The molecule has 2 heteroatoms. The monoisotopic (exact) mass is 244 g/mol. The van der Waals surface area contributed by atoms with Crippen molar-refractivity contribution in [3.05, 3.63) is 23.8 Å². The van der Waals surface area contributed by atoms with E-state index < -0.39 is 0 Å². The zero-order valence-corrected chi connectivity index (χ0v) is 11.1. The molecule has 1 heterocycles. The molecule has 0 aromatic heterocycles. The number of methoxy groups -OCH3 is 1. The van der Waals surface area contributed by atoms with Gasteiger partial charge in [-0.15, -0.1) is 0 Å². The highest BCUT2D eigenvalue weighted by molar-refractivity contribution is 5.53. The Balaban J connectivity index is 1.77. The van der Waals surface area contributed by atoms with Gasteiger partial charge in [0.05, 0.1) is 7.11 Å². The normalized spacial score (nSPS) is 39.3. The van der Waals surface area contributed by atoms with E-state index in [1.807, 2.05) is 6.07 Å². The predicted octanol–water partition coefficient (Wildman–Crippen LogP) is 3.61. The number of ether oxygens (including phenoxy) is 2. The Bertz CT molecular complexity index is 482. The van der Waals surface area contributed by atoms with Crippen LogP contribution < -0.4 is 9.47 Å². The Morgan fingerprint density at radius 2 is 2.22 bits per heavy atom. The zero-order chi connectivity index (χ0) is 12.3. The van der Waals surface area contributed by atoms with Crippen molar-refractivity contribution in [2.24, 2.45) is 17.8 Å². The van der Waals surface area contributed by atoms with E-state index in [-0.39, 0.29) is 0 Å². The van der Waals surface area contributed by atoms with Crippen LogP contribution in [0.25, 0.3) is 0 Å². The maximum absolute atomic E-state index is 6.25. The van der Waals surface area contributed by atoms with E-state index in [1.54, 1.807) is 7.11 Å². The van der Waals surface area contributed by atoms with Crippen LogP contribution in [0.1, 0.15) is 37.7 Å². The standard InChI is InChI=1S/C16H20O2/c1-3-9-7-10-8-12(9)14-11-5-4-6-13(17-2)16(11)18-15(10)14/h4-6,9-10,12,14-15H,3,7-8H2,1-2H3/t9-,10+,12+,14+,15-/m0/s1. The summed E-state index contributed by atoms with van der Waals surface area (Å²) in [4.78, 5) is 0. The van der Waals surface area contributed by atoms with E-state index in [1.165, 1.54) is 24.8 Å². The lowest BCUT2D eigenvalue weighted by atomic mass is 9.75. The molecule has 0 amide bonds. The van der Waals surface area contributed by atoms with E-state index in [2.05, 4.69) is 19.1 Å². The highest BCUT2D eigenvalue weighted by Gasteiger charge is 2.57. The average Bonchev–Trinajstić information content (AvgIpc) is 3.06. The fourth-order valence-electron chi connectivity index (χ4n) is 4.71. The molecular weight excluding hydrogens is 224 g/mol. The minimum absolute atomic E-state index is 0.434. The SMILES string of the molecule is CC[C@H]1C[C@@H]2C[C@H]1[C@H]1c3cccc(OC)c3O[C@@H]21. The number of hydrogen-bond acceptors (Lipinski definition) is 2. The summed E-state index contributed by atoms with van der Waals surface area (Å²) in [5, 5.41) is 0. The van der Waals surface area contributed by atoms with Crippen LogP contribution in [0.15, 0.2) is 18.2 Å². The third-order valence-corrected chi connectivity index (χ3v) is 5.43. The predicted molar refractivity (Wildman–Crippen MR) is 70.1 cm³/mol. The van der Waals surface area contributed by atoms with Crippen molar-refractivity contribution in [2.45, 2.75) is 38.2 Å². The molecule has 5 atom stereocenters. The minimum Gasteiger partial charge on any atom is -0.493 e. The van der Waals surface area contributed by atoms with E-state index in [0.717, 1.165) is 29.3 Å². The van der Waals surface area contributed by atoms with Crippen LogP contribution in [-0.2, 0) is 0 Å². The van der Waals surface area contributed by atoms with E-state index in [9.17, 15) is 0 Å². The Morgan fingerprint density at radius 3 is 3.00 bits per heavy atom. The van der Waals surface area contributed by atoms with Gasteiger partial charge in [0.25, 0.3) is 0 Å². The number of benzene rings is 1. The van der Waals surface area contributed by atoms with Crippen LogP contribution in [0.5, 0.6) is 11.5 Å². The van der Waals surface area contributed by atoms with Crippen LogP contribution in [0.2, 0.25) is 0 Å². The molecule has 0 unspecified atom stereocenters. The molecule has 2 saturated carbocycles. The van der Waals surface area contributed by atoms with Gasteiger partial charge in [0.1, 0.15) is 6.10 Å². The molecule has 2 aliphatic carbocycles. The van der Waals surface area contributed by atoms with Gasteiger partial charge >= 0.3 is 0 Å². The topological polar surface area (TPSA) is 18.5 Å². The Morgan fingerprint density at radius 1 is 1.33 bits per heavy atom. The van der Waals surface area contributed by atoms with Crippen molar-refractivity contribution in [1.82, 2.24) is 0 Å². The Kier molecular flexibility index (Phi) is 2.18. The second-order valence-corrected chi connectivity index (χ2v) is 6.05. The molecule has 0 N–H and O–H groups in total. The summed E-state index contributed by atoms with van der Waals surface area (Å²) in [6.07, 6.45) is 4.51. The summed E-state index contributed by atoms with van der Waals surface area (Å²) < 4.78 is 11.7. The number of fused-ring (bicyclic) bond motifs is 7. The van der Waals surface area contributed by atoms with Crippen molar-refractivity contribution in [3.63, 3.8) is 0 Å². The maximum Gasteiger partial charge on any atom is 0.165 e. The summed E-state index contributed by atoms with van der Waals surface area (Å²) in [6, 6.07) is 6.37. The number of hydrogen-bond donors (Lipinski definition) is 0. The van der Waals surface area contributed by atoms with Gasteiger partial charge in [-0.05, 0) is 36.7 Å². The van der Waals surface area contributed by atoms with Crippen molar-refractivity contribution in [2.75, 3.05) is 7.11 Å². The van der Waals surface area contributed by atoms with Gasteiger partial charge in [0.2, 0.25) is 0 Å². The molecule has 2 bridgehead atoms. The van der Waals surface area contributed by atoms with Crippen molar-refractivity contribution >= 4 is 0 Å². The molecule has 0 radical (unpaired) electrons. The van der Waals surface area contributed by atoms with Gasteiger partial charge < -0.3 is 9.47 Å². The minimum atomic E-state index is 0.434. The first-order chi connectivity index (χ1) is 8.83. The van der Waals surface area contributed by atoms with Crippen LogP contribution in [0.3, 0.4) is 0 Å². The molecular formula is C16H20O2. The molecule has 96 valence electrons. The van der Waals surface area contributed by atoms with E-state index in [0.29, 0.717) is 12.0 Å². The maximum atomic E-state index is 6.25. The molecule has 18 heavy (non-hydrogen) atoms.